The number of nitrogens with two attached hydrogens (primary N) is 1. The zero-order chi connectivity index (χ0) is 11.5. The summed E-state index contributed by atoms with van der Waals surface area (Å²) in [6.07, 6.45) is 0. The third-order valence-electron chi connectivity index (χ3n) is 2.20. The molecule has 0 saturated heterocycles. The van der Waals surface area contributed by atoms with Crippen LogP contribution < -0.4 is 11.1 Å². The number of halogens is 1. The highest BCUT2D eigenvalue weighted by Gasteiger charge is 2.25. The number of nitrogens with one attached hydrogen (secondary N) is 1. The lowest BCUT2D eigenvalue weighted by molar-refractivity contribution is -0.129. The Morgan fingerprint density at radius 3 is 2.80 bits per heavy atom. The van der Waals surface area contributed by atoms with Gasteiger partial charge in [0, 0.05) is 13.1 Å². The molecule has 3 N–H and O–H groups in total. The van der Waals surface area contributed by atoms with E-state index in [0.29, 0.717) is 13.1 Å². The minimum Gasteiger partial charge on any atom is -0.351 e. The summed E-state index contributed by atoms with van der Waals surface area (Å²) in [5, 5.41) is 4.88. The van der Waals surface area contributed by atoms with Crippen LogP contribution in [0.25, 0.3) is 0 Å². The highest BCUT2D eigenvalue weighted by Crippen LogP contribution is 2.20. The molecule has 0 unspecified atom stereocenters. The van der Waals surface area contributed by atoms with E-state index in [1.54, 1.807) is 11.3 Å². The van der Waals surface area contributed by atoms with Gasteiger partial charge in [0.25, 0.3) is 0 Å². The van der Waals surface area contributed by atoms with E-state index in [0.717, 1.165) is 9.35 Å². The summed E-state index contributed by atoms with van der Waals surface area (Å²) in [5.74, 6) is -0.00711. The summed E-state index contributed by atoms with van der Waals surface area (Å²) in [6.45, 7) is 4.59. The molecular weight excluding hydrogens is 276 g/mol. The molecule has 1 heterocycles. The van der Waals surface area contributed by atoms with E-state index in [1.807, 2.05) is 25.3 Å². The van der Waals surface area contributed by atoms with Crippen molar-refractivity contribution in [1.82, 2.24) is 5.32 Å². The van der Waals surface area contributed by atoms with E-state index in [4.69, 9.17) is 5.73 Å². The molecule has 84 valence electrons. The van der Waals surface area contributed by atoms with Gasteiger partial charge in [0.1, 0.15) is 0 Å². The lowest BCUT2D eigenvalue weighted by Crippen LogP contribution is -2.41. The smallest absolute Gasteiger partial charge is 0.227 e. The summed E-state index contributed by atoms with van der Waals surface area (Å²) in [6, 6.07) is 2.00. The number of hydrogen-bond donors (Lipinski definition) is 2. The Morgan fingerprint density at radius 1 is 1.67 bits per heavy atom. The number of rotatable bonds is 4. The molecule has 0 fully saturated rings. The number of thiophene rings is 1. The van der Waals surface area contributed by atoms with Crippen molar-refractivity contribution in [3.05, 3.63) is 20.8 Å². The Hall–Kier alpha value is -0.390. The summed E-state index contributed by atoms with van der Waals surface area (Å²) >= 11 is 4.99. The summed E-state index contributed by atoms with van der Waals surface area (Å²) in [7, 11) is 0. The average molecular weight is 291 g/mol. The van der Waals surface area contributed by atoms with Crippen molar-refractivity contribution < 1.29 is 4.79 Å². The first kappa shape index (κ1) is 12.7. The predicted octanol–water partition coefficient (Wildman–Crippen LogP) is 2.11. The molecule has 1 aromatic heterocycles. The van der Waals surface area contributed by atoms with Gasteiger partial charge < -0.3 is 11.1 Å². The van der Waals surface area contributed by atoms with Gasteiger partial charge in [0.05, 0.1) is 9.20 Å². The van der Waals surface area contributed by atoms with Crippen LogP contribution in [0.1, 0.15) is 19.4 Å². The zero-order valence-corrected chi connectivity index (χ0v) is 11.2. The maximum absolute atomic E-state index is 11.7. The molecule has 0 aromatic carbocycles. The monoisotopic (exact) mass is 290 g/mol. The third-order valence-corrected chi connectivity index (χ3v) is 3.75. The molecule has 15 heavy (non-hydrogen) atoms. The molecule has 0 aliphatic rings. The fourth-order valence-electron chi connectivity index (χ4n) is 0.953. The molecule has 0 spiro atoms. The normalized spacial score (nSPS) is 11.5. The Labute approximate surface area is 102 Å². The van der Waals surface area contributed by atoms with Crippen LogP contribution in [0.3, 0.4) is 0 Å². The van der Waals surface area contributed by atoms with E-state index in [-0.39, 0.29) is 5.91 Å². The zero-order valence-electron chi connectivity index (χ0n) is 8.84. The van der Waals surface area contributed by atoms with Gasteiger partial charge in [-0.05, 0) is 46.8 Å². The minimum atomic E-state index is -0.493. The van der Waals surface area contributed by atoms with E-state index in [2.05, 4.69) is 21.2 Å². The fourth-order valence-corrected chi connectivity index (χ4v) is 2.16. The molecule has 0 aliphatic carbocycles. The van der Waals surface area contributed by atoms with Crippen LogP contribution in [0, 0.1) is 5.41 Å². The first-order chi connectivity index (χ1) is 6.95. The second kappa shape index (κ2) is 5.09. The van der Waals surface area contributed by atoms with Gasteiger partial charge in [-0.3, -0.25) is 4.79 Å². The van der Waals surface area contributed by atoms with Crippen LogP contribution in [0.2, 0.25) is 0 Å². The van der Waals surface area contributed by atoms with E-state index in [9.17, 15) is 4.79 Å². The molecule has 0 bridgehead atoms. The van der Waals surface area contributed by atoms with E-state index >= 15 is 0 Å². The van der Waals surface area contributed by atoms with Crippen molar-refractivity contribution in [3.63, 3.8) is 0 Å². The van der Waals surface area contributed by atoms with E-state index < -0.39 is 5.41 Å². The van der Waals surface area contributed by atoms with Crippen molar-refractivity contribution in [3.8, 4) is 0 Å². The van der Waals surface area contributed by atoms with Gasteiger partial charge in [0.2, 0.25) is 5.91 Å². The van der Waals surface area contributed by atoms with Crippen LogP contribution in [0.15, 0.2) is 15.2 Å². The van der Waals surface area contributed by atoms with E-state index in [1.165, 1.54) is 0 Å². The van der Waals surface area contributed by atoms with Crippen molar-refractivity contribution in [2.24, 2.45) is 11.1 Å². The molecular formula is C10H15BrN2OS. The third kappa shape index (κ3) is 3.59. The van der Waals surface area contributed by atoms with Gasteiger partial charge in [-0.2, -0.15) is 0 Å². The van der Waals surface area contributed by atoms with Crippen LogP contribution in [-0.2, 0) is 11.3 Å². The quantitative estimate of drug-likeness (QED) is 0.892. The number of carbonyl (C=O) groups is 1. The summed E-state index contributed by atoms with van der Waals surface area (Å²) in [5.41, 5.74) is 6.13. The highest BCUT2D eigenvalue weighted by atomic mass is 79.9. The van der Waals surface area contributed by atoms with Crippen molar-refractivity contribution in [1.29, 1.82) is 0 Å². The molecule has 5 heteroatoms. The Balaban J connectivity index is 2.47. The summed E-state index contributed by atoms with van der Waals surface area (Å²) < 4.78 is 1.07. The molecule has 1 rings (SSSR count). The second-order valence-electron chi connectivity index (χ2n) is 4.03. The summed E-state index contributed by atoms with van der Waals surface area (Å²) in [4.78, 5) is 11.7. The van der Waals surface area contributed by atoms with Crippen LogP contribution in [0.5, 0.6) is 0 Å². The second-order valence-corrected chi connectivity index (χ2v) is 6.32. The van der Waals surface area contributed by atoms with Crippen molar-refractivity contribution in [2.75, 3.05) is 6.54 Å². The maximum Gasteiger partial charge on any atom is 0.227 e. The van der Waals surface area contributed by atoms with Gasteiger partial charge in [-0.25, -0.2) is 0 Å². The number of hydrogen-bond acceptors (Lipinski definition) is 3. The van der Waals surface area contributed by atoms with Crippen LogP contribution in [0.4, 0.5) is 0 Å². The molecule has 1 aromatic rings. The van der Waals surface area contributed by atoms with Crippen molar-refractivity contribution >= 4 is 33.2 Å². The largest absolute Gasteiger partial charge is 0.351 e. The lowest BCUT2D eigenvalue weighted by Gasteiger charge is -2.20. The SMILES string of the molecule is CC(C)(CN)C(=O)NCc1csc(Br)c1. The number of amides is 1. The lowest BCUT2D eigenvalue weighted by atomic mass is 9.93. The molecule has 1 amide bonds. The highest BCUT2D eigenvalue weighted by molar-refractivity contribution is 9.11. The molecule has 0 radical (unpaired) electrons. The topological polar surface area (TPSA) is 55.1 Å². The fraction of sp³-hybridized carbons (Fsp3) is 0.500. The predicted molar refractivity (Wildman–Crippen MR) is 66.7 cm³/mol. The Bertz CT molecular complexity index is 349. The number of carbonyl (C=O) groups excluding carboxylic acids is 1. The van der Waals surface area contributed by atoms with Crippen LogP contribution in [-0.4, -0.2) is 12.5 Å². The van der Waals surface area contributed by atoms with Gasteiger partial charge in [-0.15, -0.1) is 11.3 Å². The van der Waals surface area contributed by atoms with Crippen molar-refractivity contribution in [2.45, 2.75) is 20.4 Å². The maximum atomic E-state index is 11.7. The van der Waals surface area contributed by atoms with Crippen LogP contribution >= 0.6 is 27.3 Å². The minimum absolute atomic E-state index is 0.00711. The van der Waals surface area contributed by atoms with Gasteiger partial charge in [-0.1, -0.05) is 0 Å². The average Bonchev–Trinajstić information content (AvgIpc) is 2.60. The molecule has 0 saturated carbocycles. The Morgan fingerprint density at radius 2 is 2.33 bits per heavy atom. The molecule has 0 atom stereocenters. The standard InChI is InChI=1S/C10H15BrN2OS/c1-10(2,6-12)9(14)13-4-7-3-8(11)15-5-7/h3,5H,4,6,12H2,1-2H3,(H,13,14). The first-order valence-corrected chi connectivity index (χ1v) is 6.34. The van der Waals surface area contributed by atoms with Gasteiger partial charge in [0.15, 0.2) is 0 Å². The first-order valence-electron chi connectivity index (χ1n) is 4.67. The molecule has 3 nitrogen and oxygen atoms in total. The Kier molecular flexibility index (Phi) is 4.31. The molecule has 0 aliphatic heterocycles. The van der Waals surface area contributed by atoms with Gasteiger partial charge >= 0.3 is 0 Å².